The van der Waals surface area contributed by atoms with Crippen LogP contribution in [0.15, 0.2) is 35.2 Å². The van der Waals surface area contributed by atoms with Gasteiger partial charge in [-0.15, -0.1) is 0 Å². The van der Waals surface area contributed by atoms with Gasteiger partial charge in [0.15, 0.2) is 5.65 Å². The van der Waals surface area contributed by atoms with E-state index < -0.39 is 18.0 Å². The average molecular weight is 394 g/mol. The van der Waals surface area contributed by atoms with Gasteiger partial charge in [0.1, 0.15) is 28.7 Å². The van der Waals surface area contributed by atoms with E-state index in [2.05, 4.69) is 36.3 Å². The van der Waals surface area contributed by atoms with E-state index in [-0.39, 0.29) is 5.56 Å². The van der Waals surface area contributed by atoms with Crippen LogP contribution in [-0.4, -0.2) is 30.9 Å². The van der Waals surface area contributed by atoms with Crippen molar-refractivity contribution in [2.75, 3.05) is 5.32 Å². The largest absolute Gasteiger partial charge is 0.386 e. The number of aliphatic hydroxyl groups excluding tert-OH is 1. The molecule has 3 aromatic rings. The molecule has 8 heteroatoms. The lowest BCUT2D eigenvalue weighted by molar-refractivity contribution is 0.148. The van der Waals surface area contributed by atoms with Crippen LogP contribution in [0.3, 0.4) is 0 Å². The Labute approximate surface area is 146 Å². The Morgan fingerprint density at radius 2 is 2.08 bits per heavy atom. The van der Waals surface area contributed by atoms with Gasteiger partial charge in [0.05, 0.1) is 11.4 Å². The molecule has 0 spiro atoms. The molecular formula is C16H17BrFN5O. The minimum atomic E-state index is -1.00. The van der Waals surface area contributed by atoms with Crippen LogP contribution in [0.5, 0.6) is 0 Å². The van der Waals surface area contributed by atoms with Crippen molar-refractivity contribution in [1.29, 1.82) is 0 Å². The summed E-state index contributed by atoms with van der Waals surface area (Å²) >= 11 is 3.40. The van der Waals surface area contributed by atoms with Crippen molar-refractivity contribution in [1.82, 2.24) is 19.7 Å². The summed E-state index contributed by atoms with van der Waals surface area (Å²) in [5.41, 5.74) is 0.919. The molecule has 0 aliphatic carbocycles. The molecule has 24 heavy (non-hydrogen) atoms. The molecule has 0 saturated carbocycles. The Morgan fingerprint density at radius 3 is 2.79 bits per heavy atom. The second-order valence-electron chi connectivity index (χ2n) is 5.46. The highest BCUT2D eigenvalue weighted by Crippen LogP contribution is 2.30. The number of aliphatic hydroxyl groups is 1. The molecular weight excluding hydrogens is 377 g/mol. The first-order chi connectivity index (χ1) is 11.5. The predicted molar refractivity (Wildman–Crippen MR) is 93.1 cm³/mol. The zero-order valence-corrected chi connectivity index (χ0v) is 14.8. The fourth-order valence-electron chi connectivity index (χ4n) is 2.66. The van der Waals surface area contributed by atoms with Crippen LogP contribution in [0.4, 0.5) is 10.2 Å². The van der Waals surface area contributed by atoms with Gasteiger partial charge in [-0.05, 0) is 28.4 Å². The van der Waals surface area contributed by atoms with Gasteiger partial charge < -0.3 is 10.4 Å². The van der Waals surface area contributed by atoms with Gasteiger partial charge in [-0.3, -0.25) is 0 Å². The molecule has 126 valence electrons. The maximum atomic E-state index is 14.0. The van der Waals surface area contributed by atoms with E-state index in [0.29, 0.717) is 22.5 Å². The van der Waals surface area contributed by atoms with Gasteiger partial charge >= 0.3 is 0 Å². The summed E-state index contributed by atoms with van der Waals surface area (Å²) in [4.78, 5) is 8.47. The van der Waals surface area contributed by atoms with Crippen molar-refractivity contribution in [3.63, 3.8) is 0 Å². The van der Waals surface area contributed by atoms with Crippen LogP contribution < -0.4 is 5.32 Å². The van der Waals surface area contributed by atoms with E-state index in [1.165, 1.54) is 12.4 Å². The lowest BCUT2D eigenvalue weighted by Crippen LogP contribution is -2.28. The van der Waals surface area contributed by atoms with E-state index in [4.69, 9.17) is 0 Å². The van der Waals surface area contributed by atoms with E-state index in [9.17, 15) is 9.50 Å². The van der Waals surface area contributed by atoms with Crippen LogP contribution in [0, 0.1) is 5.82 Å². The van der Waals surface area contributed by atoms with E-state index >= 15 is 0 Å². The highest BCUT2D eigenvalue weighted by atomic mass is 79.9. The zero-order valence-electron chi connectivity index (χ0n) is 13.2. The van der Waals surface area contributed by atoms with Crippen molar-refractivity contribution < 1.29 is 9.50 Å². The van der Waals surface area contributed by atoms with Crippen LogP contribution in [0.2, 0.25) is 0 Å². The van der Waals surface area contributed by atoms with Crippen molar-refractivity contribution in [2.45, 2.75) is 25.5 Å². The highest BCUT2D eigenvalue weighted by Gasteiger charge is 2.24. The molecule has 2 atom stereocenters. The first-order valence-electron chi connectivity index (χ1n) is 7.55. The van der Waals surface area contributed by atoms with Crippen LogP contribution in [0.25, 0.3) is 11.0 Å². The Kier molecular flexibility index (Phi) is 4.77. The Bertz CT molecular complexity index is 869. The fraction of sp³-hybridized carbons (Fsp3) is 0.312. The summed E-state index contributed by atoms with van der Waals surface area (Å²) in [7, 11) is 1.79. The second-order valence-corrected chi connectivity index (χ2v) is 6.21. The molecule has 0 unspecified atom stereocenters. The normalized spacial score (nSPS) is 13.9. The predicted octanol–water partition coefficient (Wildman–Crippen LogP) is 3.19. The van der Waals surface area contributed by atoms with Crippen LogP contribution >= 0.6 is 15.9 Å². The summed E-state index contributed by atoms with van der Waals surface area (Å²) in [6.07, 6.45) is 1.01. The first-order valence-corrected chi connectivity index (χ1v) is 8.34. The minimum absolute atomic E-state index is 0.257. The quantitative estimate of drug-likeness (QED) is 0.695. The number of benzene rings is 1. The molecule has 0 amide bonds. The highest BCUT2D eigenvalue weighted by molar-refractivity contribution is 9.10. The number of halogens is 2. The molecule has 2 aromatic heterocycles. The van der Waals surface area contributed by atoms with Gasteiger partial charge in [0.2, 0.25) is 0 Å². The van der Waals surface area contributed by atoms with Gasteiger partial charge in [-0.1, -0.05) is 25.1 Å². The second kappa shape index (κ2) is 6.82. The zero-order chi connectivity index (χ0) is 17.3. The number of nitrogens with zero attached hydrogens (tertiary/aromatic N) is 4. The van der Waals surface area contributed by atoms with Crippen molar-refractivity contribution >= 4 is 32.8 Å². The van der Waals surface area contributed by atoms with E-state index in [1.54, 1.807) is 29.9 Å². The SMILES string of the molecule is CC[C@H](Nc1ncnc2c1c(Br)nn2C)[C@H](O)c1ccccc1F. The smallest absolute Gasteiger partial charge is 0.164 e. The number of anilines is 1. The third-order valence-corrected chi connectivity index (χ3v) is 4.50. The Balaban J connectivity index is 1.95. The minimum Gasteiger partial charge on any atom is -0.386 e. The number of nitrogens with one attached hydrogen (secondary N) is 1. The molecule has 3 rings (SSSR count). The first kappa shape index (κ1) is 16.8. The van der Waals surface area contributed by atoms with Crippen molar-refractivity contribution in [2.24, 2.45) is 7.05 Å². The van der Waals surface area contributed by atoms with Crippen LogP contribution in [-0.2, 0) is 7.05 Å². The fourth-order valence-corrected chi connectivity index (χ4v) is 3.26. The molecule has 0 fully saturated rings. The van der Waals surface area contributed by atoms with Gasteiger partial charge in [0.25, 0.3) is 0 Å². The standard InChI is InChI=1S/C16H17BrFN5O/c1-3-11(13(24)9-6-4-5-7-10(9)18)21-15-12-14(17)22-23(2)16(12)20-8-19-15/h4-8,11,13,24H,3H2,1-2H3,(H,19,20,21)/t11-,13+/m0/s1. The van der Waals surface area contributed by atoms with Gasteiger partial charge in [0, 0.05) is 12.6 Å². The summed E-state index contributed by atoms with van der Waals surface area (Å²) < 4.78 is 16.2. The number of hydrogen-bond acceptors (Lipinski definition) is 5. The third kappa shape index (κ3) is 2.99. The molecule has 1 aromatic carbocycles. The Morgan fingerprint density at radius 1 is 1.33 bits per heavy atom. The third-order valence-electron chi connectivity index (χ3n) is 3.94. The Hall–Kier alpha value is -2.06. The van der Waals surface area contributed by atoms with Crippen molar-refractivity contribution in [3.8, 4) is 0 Å². The summed E-state index contributed by atoms with van der Waals surface area (Å²) in [5.74, 6) is 0.114. The number of hydrogen-bond donors (Lipinski definition) is 2. The molecule has 6 nitrogen and oxygen atoms in total. The van der Waals surface area contributed by atoms with Crippen molar-refractivity contribution in [3.05, 3.63) is 46.6 Å². The van der Waals surface area contributed by atoms with Gasteiger partial charge in [-0.2, -0.15) is 5.10 Å². The molecule has 0 bridgehead atoms. The maximum Gasteiger partial charge on any atom is 0.164 e. The van der Waals surface area contributed by atoms with E-state index in [0.717, 1.165) is 5.39 Å². The lowest BCUT2D eigenvalue weighted by atomic mass is 9.99. The van der Waals surface area contributed by atoms with Crippen LogP contribution in [0.1, 0.15) is 25.0 Å². The molecule has 0 radical (unpaired) electrons. The molecule has 2 heterocycles. The monoisotopic (exact) mass is 393 g/mol. The average Bonchev–Trinajstić information content (AvgIpc) is 2.88. The molecule has 0 aliphatic heterocycles. The summed E-state index contributed by atoms with van der Waals surface area (Å²) in [5, 5.41) is 18.8. The lowest BCUT2D eigenvalue weighted by Gasteiger charge is -2.24. The molecule has 0 saturated heterocycles. The number of aryl methyl sites for hydroxylation is 1. The summed E-state index contributed by atoms with van der Waals surface area (Å²) in [6.45, 7) is 1.92. The molecule has 0 aliphatic rings. The molecule has 2 N–H and O–H groups in total. The van der Waals surface area contributed by atoms with E-state index in [1.807, 2.05) is 6.92 Å². The number of rotatable bonds is 5. The van der Waals surface area contributed by atoms with Gasteiger partial charge in [-0.25, -0.2) is 19.0 Å². The topological polar surface area (TPSA) is 75.9 Å². The number of aromatic nitrogens is 4. The maximum absolute atomic E-state index is 14.0. The summed E-state index contributed by atoms with van der Waals surface area (Å²) in [6, 6.07) is 5.81. The number of fused-ring (bicyclic) bond motifs is 1.